The Labute approximate surface area is 134 Å². The molecule has 1 fully saturated rings. The minimum atomic E-state index is -3.66. The van der Waals surface area contributed by atoms with E-state index in [0.717, 1.165) is 6.07 Å². The third-order valence-electron chi connectivity index (χ3n) is 3.00. The number of benzene rings is 1. The van der Waals surface area contributed by atoms with Crippen molar-refractivity contribution >= 4 is 28.2 Å². The van der Waals surface area contributed by atoms with Gasteiger partial charge in [-0.1, -0.05) is 6.07 Å². The van der Waals surface area contributed by atoms with Gasteiger partial charge in [0.25, 0.3) is 5.56 Å². The maximum absolute atomic E-state index is 13.4. The zero-order chi connectivity index (χ0) is 23.7. The molecule has 1 atom stereocenters. The topological polar surface area (TPSA) is 95.0 Å². The van der Waals surface area contributed by atoms with Crippen LogP contribution in [0.25, 0.3) is 10.9 Å². The van der Waals surface area contributed by atoms with E-state index in [1.54, 1.807) is 0 Å². The fourth-order valence-corrected chi connectivity index (χ4v) is 2.07. The van der Waals surface area contributed by atoms with Crippen molar-refractivity contribution in [2.45, 2.75) is 32.0 Å². The lowest BCUT2D eigenvalue weighted by Gasteiger charge is -2.24. The molecule has 0 amide bonds. The average Bonchev–Trinajstić information content (AvgIpc) is 2.64. The van der Waals surface area contributed by atoms with E-state index in [0.29, 0.717) is 0 Å². The molecule has 0 bridgehead atoms. The molecular formula is C15H15N3O3. The number of fused-ring (bicyclic) bond motifs is 1. The summed E-state index contributed by atoms with van der Waals surface area (Å²) in [5.74, 6) is -4.15. The molecule has 2 aromatic rings. The number of ketones is 2. The summed E-state index contributed by atoms with van der Waals surface area (Å²) in [7, 11) is 0. The third kappa shape index (κ3) is 2.12. The van der Waals surface area contributed by atoms with Gasteiger partial charge in [-0.25, -0.2) is 4.98 Å². The number of carbonyl (C=O) groups is 2. The van der Waals surface area contributed by atoms with Crippen LogP contribution in [0.3, 0.4) is 0 Å². The van der Waals surface area contributed by atoms with E-state index in [2.05, 4.69) is 4.98 Å². The molecule has 1 aromatic heterocycles. The van der Waals surface area contributed by atoms with Crippen LogP contribution < -0.4 is 11.3 Å². The summed E-state index contributed by atoms with van der Waals surface area (Å²) in [5.41, 5.74) is -2.11. The van der Waals surface area contributed by atoms with Gasteiger partial charge in [0, 0.05) is 21.7 Å². The average molecular weight is 295 g/mol. The Morgan fingerprint density at radius 2 is 2.38 bits per heavy atom. The fourth-order valence-electron chi connectivity index (χ4n) is 2.07. The normalized spacial score (nSPS) is 34.9. The van der Waals surface area contributed by atoms with Crippen molar-refractivity contribution in [2.24, 2.45) is 0 Å². The van der Waals surface area contributed by atoms with Crippen LogP contribution in [0.15, 0.2) is 23.0 Å². The Morgan fingerprint density at radius 3 is 3.14 bits per heavy atom. The van der Waals surface area contributed by atoms with E-state index >= 15 is 0 Å². The van der Waals surface area contributed by atoms with Crippen LogP contribution in [0.5, 0.6) is 0 Å². The molecule has 1 saturated carbocycles. The molecule has 1 aliphatic rings. The predicted molar refractivity (Wildman–Crippen MR) is 78.1 cm³/mol. The first-order valence-electron chi connectivity index (χ1n) is 10.8. The summed E-state index contributed by atoms with van der Waals surface area (Å²) < 4.78 is 78.5. The van der Waals surface area contributed by atoms with Crippen LogP contribution in [-0.2, 0) is 9.59 Å². The van der Waals surface area contributed by atoms with Crippen LogP contribution in [0.1, 0.15) is 42.0 Å². The quantitative estimate of drug-likeness (QED) is 0.662. The lowest BCUT2D eigenvalue weighted by Crippen LogP contribution is -2.36. The highest BCUT2D eigenvalue weighted by Gasteiger charge is 2.30. The molecule has 6 nitrogen and oxygen atoms in total. The van der Waals surface area contributed by atoms with Gasteiger partial charge in [-0.05, 0) is 25.4 Å². The SMILES string of the molecule is [2H]N([2H])c1cccc2nc(C([2H])([2H])[2H])n([C@@]3([2H])C(=O)CC(=O)C([2H])([2H])C3([2H])[2H])c(=O)c12. The van der Waals surface area contributed by atoms with Gasteiger partial charge >= 0.3 is 0 Å². The zero-order valence-corrected chi connectivity index (χ0v) is 10.5. The number of aryl methyl sites for hydroxylation is 1. The number of nitrogens with two attached hydrogens (primary N) is 1. The highest BCUT2D eigenvalue weighted by atomic mass is 16.2. The summed E-state index contributed by atoms with van der Waals surface area (Å²) in [6.45, 7) is -3.25. The van der Waals surface area contributed by atoms with Gasteiger partial charge in [0.05, 0.1) is 24.7 Å². The highest BCUT2D eigenvalue weighted by Crippen LogP contribution is 2.24. The van der Waals surface area contributed by atoms with E-state index in [-0.39, 0.29) is 15.8 Å². The molecule has 0 unspecified atom stereocenters. The van der Waals surface area contributed by atoms with Crippen molar-refractivity contribution in [3.8, 4) is 0 Å². The van der Waals surface area contributed by atoms with Gasteiger partial charge in [-0.15, -0.1) is 0 Å². The third-order valence-corrected chi connectivity index (χ3v) is 3.00. The molecule has 21 heavy (non-hydrogen) atoms. The number of anilines is 1. The second kappa shape index (κ2) is 4.80. The van der Waals surface area contributed by atoms with Crippen LogP contribution >= 0.6 is 0 Å². The Balaban J connectivity index is 2.58. The van der Waals surface area contributed by atoms with E-state index in [4.69, 9.17) is 13.8 Å². The number of rotatable bonds is 2. The minimum absolute atomic E-state index is 0.0154. The second-order valence-corrected chi connectivity index (χ2v) is 4.37. The second-order valence-electron chi connectivity index (χ2n) is 4.37. The van der Waals surface area contributed by atoms with E-state index in [9.17, 15) is 14.4 Å². The summed E-state index contributed by atoms with van der Waals surface area (Å²) in [6.07, 6.45) is -8.31. The maximum Gasteiger partial charge on any atom is 0.264 e. The molecule has 0 spiro atoms. The van der Waals surface area contributed by atoms with Crippen molar-refractivity contribution in [1.29, 1.82) is 0 Å². The summed E-state index contributed by atoms with van der Waals surface area (Å²) >= 11 is 0. The summed E-state index contributed by atoms with van der Waals surface area (Å²) in [4.78, 5) is 41.9. The van der Waals surface area contributed by atoms with Gasteiger partial charge in [-0.3, -0.25) is 19.0 Å². The fraction of sp³-hybridized carbons (Fsp3) is 0.333. The molecular weight excluding hydrogens is 270 g/mol. The van der Waals surface area contributed by atoms with Crippen molar-refractivity contribution in [1.82, 2.24) is 9.55 Å². The summed E-state index contributed by atoms with van der Waals surface area (Å²) in [5, 5.41) is -0.548. The van der Waals surface area contributed by atoms with Gasteiger partial charge < -0.3 is 5.72 Å². The highest BCUT2D eigenvalue weighted by molar-refractivity contribution is 6.03. The smallest absolute Gasteiger partial charge is 0.264 e. The van der Waals surface area contributed by atoms with Crippen molar-refractivity contribution in [3.63, 3.8) is 0 Å². The van der Waals surface area contributed by atoms with Crippen LogP contribution in [0, 0.1) is 6.85 Å². The first kappa shape index (κ1) is 6.09. The molecule has 2 N–H and O–H groups in total. The van der Waals surface area contributed by atoms with Gasteiger partial charge in [0.2, 0.25) is 0 Å². The number of carbonyl (C=O) groups excluding carboxylic acids is 2. The lowest BCUT2D eigenvalue weighted by atomic mass is 9.92. The Hall–Kier alpha value is -2.50. The Bertz CT molecular complexity index is 1170. The molecule has 0 radical (unpaired) electrons. The molecule has 0 saturated heterocycles. The standard InChI is InChI=1S/C15H15N3O3/c1-8-17-11-4-2-3-10(16)14(11)15(21)18(8)12-6-5-9(19)7-13(12)20/h2-4,12H,5-7,16H2,1H3/t12-/m1/s1/i1D3,5D2,6D2,12D/hD2. The maximum atomic E-state index is 13.4. The molecule has 0 aliphatic heterocycles. The zero-order valence-electron chi connectivity index (χ0n) is 20.5. The van der Waals surface area contributed by atoms with Gasteiger partial charge in [0.1, 0.15) is 11.6 Å². The predicted octanol–water partition coefficient (Wildman–Crippen LogP) is 1.15. The first-order valence-corrected chi connectivity index (χ1v) is 5.91. The van der Waals surface area contributed by atoms with Gasteiger partial charge in [-0.2, -0.15) is 0 Å². The van der Waals surface area contributed by atoms with Crippen LogP contribution in [-0.4, -0.2) is 21.1 Å². The van der Waals surface area contributed by atoms with Crippen molar-refractivity contribution < 1.29 is 23.4 Å². The molecule has 3 rings (SSSR count). The largest absolute Gasteiger partial charge is 0.398 e. The van der Waals surface area contributed by atoms with Gasteiger partial charge in [0.15, 0.2) is 8.61 Å². The number of nitrogens with zero attached hydrogens (tertiary/aromatic N) is 2. The molecule has 1 aliphatic carbocycles. The number of aromatic nitrogens is 2. The number of hydrogen-bond acceptors (Lipinski definition) is 5. The number of hydrogen-bond donors (Lipinski definition) is 1. The lowest BCUT2D eigenvalue weighted by molar-refractivity contribution is -0.132. The summed E-state index contributed by atoms with van der Waals surface area (Å²) in [6, 6.07) is 0.114. The Morgan fingerprint density at radius 1 is 1.52 bits per heavy atom. The van der Waals surface area contributed by atoms with Crippen LogP contribution in [0.2, 0.25) is 2.82 Å². The monoisotopic (exact) mass is 295 g/mol. The number of Topliss-reactive ketones (excluding diaryl/α,β-unsaturated/α-hetero) is 2. The first-order chi connectivity index (χ1) is 14.0. The molecule has 108 valence electrons. The van der Waals surface area contributed by atoms with E-state index in [1.165, 1.54) is 12.1 Å². The van der Waals surface area contributed by atoms with Crippen LogP contribution in [0.4, 0.5) is 5.69 Å². The van der Waals surface area contributed by atoms with E-state index < -0.39 is 66.1 Å². The molecule has 1 heterocycles. The molecule has 6 heteroatoms. The number of nitrogen functional groups attached to an aromatic ring is 1. The van der Waals surface area contributed by atoms with Crippen molar-refractivity contribution in [3.05, 3.63) is 34.4 Å². The minimum Gasteiger partial charge on any atom is -0.398 e. The molecule has 1 aromatic carbocycles. The van der Waals surface area contributed by atoms with E-state index in [1.807, 2.05) is 0 Å². The Kier molecular flexibility index (Phi) is 1.39. The van der Waals surface area contributed by atoms with Crippen molar-refractivity contribution in [2.75, 3.05) is 5.72 Å².